The zero-order valence-corrected chi connectivity index (χ0v) is 11.8. The fraction of sp³-hybridized carbons (Fsp3) is 0.294. The molecule has 1 nitrogen and oxygen atoms in total. The van der Waals surface area contributed by atoms with Crippen molar-refractivity contribution in [2.45, 2.75) is 25.4 Å². The zero-order chi connectivity index (χ0) is 14.1. The second-order valence-electron chi connectivity index (χ2n) is 5.36. The summed E-state index contributed by atoms with van der Waals surface area (Å²) >= 11 is 6.00. The van der Waals surface area contributed by atoms with Gasteiger partial charge in [0.25, 0.3) is 0 Å². The van der Waals surface area contributed by atoms with Crippen LogP contribution >= 0.6 is 11.6 Å². The van der Waals surface area contributed by atoms with Gasteiger partial charge < -0.3 is 5.11 Å². The fourth-order valence-electron chi connectivity index (χ4n) is 3.01. The van der Waals surface area contributed by atoms with E-state index < -0.39 is 11.9 Å². The summed E-state index contributed by atoms with van der Waals surface area (Å²) in [5.74, 6) is -0.306. The van der Waals surface area contributed by atoms with Crippen LogP contribution in [0.4, 0.5) is 4.39 Å². The lowest BCUT2D eigenvalue weighted by molar-refractivity contribution is 0.0936. The van der Waals surface area contributed by atoms with Crippen LogP contribution in [0.3, 0.4) is 0 Å². The van der Waals surface area contributed by atoms with E-state index in [-0.39, 0.29) is 10.9 Å². The van der Waals surface area contributed by atoms with Gasteiger partial charge >= 0.3 is 0 Å². The third-order valence-corrected chi connectivity index (χ3v) is 4.54. The Morgan fingerprint density at radius 2 is 1.95 bits per heavy atom. The summed E-state index contributed by atoms with van der Waals surface area (Å²) in [5, 5.41) is 10.7. The Morgan fingerprint density at radius 1 is 1.15 bits per heavy atom. The SMILES string of the molecule is OC1c2ccccc2CCC1Cc1cccc(F)c1Cl. The number of rotatable bonds is 2. The molecule has 2 unspecified atom stereocenters. The van der Waals surface area contributed by atoms with Crippen molar-refractivity contribution in [1.82, 2.24) is 0 Å². The molecule has 3 heteroatoms. The van der Waals surface area contributed by atoms with Crippen molar-refractivity contribution in [2.75, 3.05) is 0 Å². The third-order valence-electron chi connectivity index (χ3n) is 4.12. The van der Waals surface area contributed by atoms with Gasteiger partial charge in [-0.15, -0.1) is 0 Å². The average molecular weight is 291 g/mol. The number of aryl methyl sites for hydroxylation is 1. The van der Waals surface area contributed by atoms with Gasteiger partial charge in [0.05, 0.1) is 11.1 Å². The largest absolute Gasteiger partial charge is 0.388 e. The van der Waals surface area contributed by atoms with Gasteiger partial charge in [0, 0.05) is 0 Å². The van der Waals surface area contributed by atoms with Crippen molar-refractivity contribution in [3.05, 3.63) is 70.0 Å². The van der Waals surface area contributed by atoms with Gasteiger partial charge in [0.2, 0.25) is 0 Å². The van der Waals surface area contributed by atoms with E-state index in [0.29, 0.717) is 6.42 Å². The molecule has 0 fully saturated rings. The first-order valence-electron chi connectivity index (χ1n) is 6.85. The van der Waals surface area contributed by atoms with Crippen LogP contribution in [-0.2, 0) is 12.8 Å². The molecule has 0 bridgehead atoms. The average Bonchev–Trinajstić information content (AvgIpc) is 2.47. The highest BCUT2D eigenvalue weighted by Crippen LogP contribution is 2.37. The highest BCUT2D eigenvalue weighted by Gasteiger charge is 2.28. The number of fused-ring (bicyclic) bond motifs is 1. The van der Waals surface area contributed by atoms with E-state index in [4.69, 9.17) is 11.6 Å². The first-order valence-corrected chi connectivity index (χ1v) is 7.23. The van der Waals surface area contributed by atoms with E-state index in [1.54, 1.807) is 6.07 Å². The van der Waals surface area contributed by atoms with Gasteiger partial charge in [-0.1, -0.05) is 48.0 Å². The van der Waals surface area contributed by atoms with Gasteiger partial charge in [-0.2, -0.15) is 0 Å². The Hall–Kier alpha value is -1.38. The molecule has 0 aliphatic heterocycles. The molecule has 0 heterocycles. The van der Waals surface area contributed by atoms with E-state index in [2.05, 4.69) is 6.07 Å². The van der Waals surface area contributed by atoms with E-state index in [1.807, 2.05) is 24.3 Å². The normalized spacial score (nSPS) is 21.6. The molecule has 1 aliphatic carbocycles. The number of benzene rings is 2. The van der Waals surface area contributed by atoms with Gasteiger partial charge in [-0.25, -0.2) is 4.39 Å². The molecular formula is C17H16ClFO. The summed E-state index contributed by atoms with van der Waals surface area (Å²) in [6.45, 7) is 0. The second kappa shape index (κ2) is 5.55. The lowest BCUT2D eigenvalue weighted by atomic mass is 9.78. The number of aliphatic hydroxyl groups is 1. The molecule has 2 aromatic rings. The molecule has 104 valence electrons. The van der Waals surface area contributed by atoms with Crippen LogP contribution in [0.2, 0.25) is 5.02 Å². The van der Waals surface area contributed by atoms with Crippen LogP contribution in [0.5, 0.6) is 0 Å². The van der Waals surface area contributed by atoms with Crippen LogP contribution < -0.4 is 0 Å². The molecule has 0 aromatic heterocycles. The van der Waals surface area contributed by atoms with Crippen LogP contribution in [0.1, 0.15) is 29.2 Å². The molecule has 0 radical (unpaired) electrons. The number of halogens is 2. The molecule has 3 rings (SSSR count). The van der Waals surface area contributed by atoms with Crippen LogP contribution in [-0.4, -0.2) is 5.11 Å². The van der Waals surface area contributed by atoms with Crippen molar-refractivity contribution in [3.63, 3.8) is 0 Å². The molecule has 1 N–H and O–H groups in total. The Kier molecular flexibility index (Phi) is 3.77. The first kappa shape index (κ1) is 13.6. The molecule has 20 heavy (non-hydrogen) atoms. The molecule has 1 aliphatic rings. The fourth-order valence-corrected chi connectivity index (χ4v) is 3.21. The summed E-state index contributed by atoms with van der Waals surface area (Å²) < 4.78 is 13.5. The van der Waals surface area contributed by atoms with Crippen LogP contribution in [0.25, 0.3) is 0 Å². The van der Waals surface area contributed by atoms with Crippen molar-refractivity contribution >= 4 is 11.6 Å². The Labute approximate surface area is 123 Å². The quantitative estimate of drug-likeness (QED) is 0.873. The van der Waals surface area contributed by atoms with Gasteiger partial charge in [-0.3, -0.25) is 0 Å². The highest BCUT2D eigenvalue weighted by atomic mass is 35.5. The minimum Gasteiger partial charge on any atom is -0.388 e. The molecule has 0 amide bonds. The van der Waals surface area contributed by atoms with Crippen molar-refractivity contribution in [1.29, 1.82) is 0 Å². The lowest BCUT2D eigenvalue weighted by Crippen LogP contribution is -2.22. The molecular weight excluding hydrogens is 275 g/mol. The third kappa shape index (κ3) is 2.46. The monoisotopic (exact) mass is 290 g/mol. The topological polar surface area (TPSA) is 20.2 Å². The Balaban J connectivity index is 1.85. The second-order valence-corrected chi connectivity index (χ2v) is 5.74. The van der Waals surface area contributed by atoms with Crippen molar-refractivity contribution in [2.24, 2.45) is 5.92 Å². The van der Waals surface area contributed by atoms with Crippen LogP contribution in [0.15, 0.2) is 42.5 Å². The number of aliphatic hydroxyl groups excluding tert-OH is 1. The summed E-state index contributed by atoms with van der Waals surface area (Å²) in [7, 11) is 0. The summed E-state index contributed by atoms with van der Waals surface area (Å²) in [4.78, 5) is 0. The highest BCUT2D eigenvalue weighted by molar-refractivity contribution is 6.31. The van der Waals surface area contributed by atoms with E-state index in [9.17, 15) is 9.50 Å². The van der Waals surface area contributed by atoms with Crippen molar-refractivity contribution in [3.8, 4) is 0 Å². The van der Waals surface area contributed by atoms with Gasteiger partial charge in [0.15, 0.2) is 0 Å². The minimum atomic E-state index is -0.501. The van der Waals surface area contributed by atoms with E-state index >= 15 is 0 Å². The number of hydrogen-bond acceptors (Lipinski definition) is 1. The minimum absolute atomic E-state index is 0.0872. The first-order chi connectivity index (χ1) is 9.66. The summed E-state index contributed by atoms with van der Waals surface area (Å²) in [5.41, 5.74) is 2.98. The Bertz CT molecular complexity index is 626. The van der Waals surface area contributed by atoms with Crippen LogP contribution in [0, 0.1) is 11.7 Å². The standard InChI is InChI=1S/C17H16ClFO/c18-16-12(5-3-7-15(16)19)10-13-9-8-11-4-1-2-6-14(11)17(13)20/h1-7,13,17,20H,8-10H2. The Morgan fingerprint density at radius 3 is 2.80 bits per heavy atom. The molecule has 0 saturated carbocycles. The maximum Gasteiger partial charge on any atom is 0.142 e. The molecule has 0 saturated heterocycles. The smallest absolute Gasteiger partial charge is 0.142 e. The maximum atomic E-state index is 13.5. The van der Waals surface area contributed by atoms with Crippen molar-refractivity contribution < 1.29 is 9.50 Å². The lowest BCUT2D eigenvalue weighted by Gasteiger charge is -2.30. The van der Waals surface area contributed by atoms with E-state index in [1.165, 1.54) is 11.6 Å². The number of hydrogen-bond donors (Lipinski definition) is 1. The van der Waals surface area contributed by atoms with Gasteiger partial charge in [0.1, 0.15) is 5.82 Å². The maximum absolute atomic E-state index is 13.5. The van der Waals surface area contributed by atoms with E-state index in [0.717, 1.165) is 24.0 Å². The molecule has 2 atom stereocenters. The molecule has 2 aromatic carbocycles. The van der Waals surface area contributed by atoms with Gasteiger partial charge in [-0.05, 0) is 47.9 Å². The zero-order valence-electron chi connectivity index (χ0n) is 11.0. The predicted molar refractivity (Wildman–Crippen MR) is 78.3 cm³/mol. The molecule has 0 spiro atoms. The summed E-state index contributed by atoms with van der Waals surface area (Å²) in [6, 6.07) is 12.8. The predicted octanol–water partition coefficient (Wildman–Crippen LogP) is 4.32. The summed E-state index contributed by atoms with van der Waals surface area (Å²) in [6.07, 6.45) is 1.95.